The summed E-state index contributed by atoms with van der Waals surface area (Å²) in [7, 11) is 0. The highest BCUT2D eigenvalue weighted by Gasteiger charge is 2.23. The average Bonchev–Trinajstić information content (AvgIpc) is 2.16. The van der Waals surface area contributed by atoms with Crippen molar-refractivity contribution in [1.82, 2.24) is 0 Å². The van der Waals surface area contributed by atoms with Gasteiger partial charge in [0.15, 0.2) is 18.2 Å². The number of rotatable bonds is 4. The number of nitro groups is 1. The zero-order valence-electron chi connectivity index (χ0n) is 7.65. The molecular weight excluding hydrogens is 228 g/mol. The predicted octanol–water partition coefficient (Wildman–Crippen LogP) is 1.34. The second-order valence-corrected chi connectivity index (χ2v) is 2.65. The number of ether oxygens (including phenoxy) is 1. The van der Waals surface area contributed by atoms with Crippen LogP contribution in [0.5, 0.6) is 5.75 Å². The third-order valence-electron chi connectivity index (χ3n) is 1.57. The summed E-state index contributed by atoms with van der Waals surface area (Å²) >= 11 is 0. The Kier molecular flexibility index (Phi) is 3.33. The lowest BCUT2D eigenvalue weighted by Gasteiger charge is -2.05. The van der Waals surface area contributed by atoms with Crippen LogP contribution in [-0.4, -0.2) is 22.6 Å². The Balaban J connectivity index is 3.11. The highest BCUT2D eigenvalue weighted by Crippen LogP contribution is 2.29. The number of nitro benzene ring substituents is 1. The molecule has 8 heteroatoms. The van der Waals surface area contributed by atoms with E-state index in [0.29, 0.717) is 12.1 Å². The maximum Gasteiger partial charge on any atom is 0.341 e. The molecule has 0 unspecified atom stereocenters. The van der Waals surface area contributed by atoms with Gasteiger partial charge in [-0.25, -0.2) is 9.18 Å². The number of benzene rings is 1. The zero-order chi connectivity index (χ0) is 12.3. The average molecular weight is 233 g/mol. The van der Waals surface area contributed by atoms with E-state index in [0.717, 1.165) is 0 Å². The first-order valence-corrected chi connectivity index (χ1v) is 3.90. The molecule has 0 atom stereocenters. The fourth-order valence-electron chi connectivity index (χ4n) is 0.929. The smallest absolute Gasteiger partial charge is 0.341 e. The second kappa shape index (κ2) is 4.51. The van der Waals surface area contributed by atoms with Crippen LogP contribution in [0, 0.1) is 21.7 Å². The van der Waals surface area contributed by atoms with Crippen LogP contribution >= 0.6 is 0 Å². The molecule has 0 spiro atoms. The number of halogens is 2. The van der Waals surface area contributed by atoms with Crippen molar-refractivity contribution < 1.29 is 28.3 Å². The monoisotopic (exact) mass is 233 g/mol. The third-order valence-corrected chi connectivity index (χ3v) is 1.57. The maximum atomic E-state index is 13.2. The van der Waals surface area contributed by atoms with Gasteiger partial charge in [-0.2, -0.15) is 4.39 Å². The number of carboxylic acids is 1. The second-order valence-electron chi connectivity index (χ2n) is 2.65. The molecule has 0 amide bonds. The van der Waals surface area contributed by atoms with Crippen LogP contribution in [0.4, 0.5) is 14.5 Å². The van der Waals surface area contributed by atoms with Gasteiger partial charge >= 0.3 is 11.7 Å². The molecule has 0 saturated heterocycles. The third kappa shape index (κ3) is 2.41. The topological polar surface area (TPSA) is 89.7 Å². The summed E-state index contributed by atoms with van der Waals surface area (Å²) in [4.78, 5) is 19.3. The van der Waals surface area contributed by atoms with Gasteiger partial charge in [-0.3, -0.25) is 10.1 Å². The normalized spacial score (nSPS) is 9.88. The van der Waals surface area contributed by atoms with Gasteiger partial charge in [-0.1, -0.05) is 0 Å². The molecule has 1 rings (SSSR count). The van der Waals surface area contributed by atoms with Gasteiger partial charge in [0, 0.05) is 6.07 Å². The number of hydrogen-bond acceptors (Lipinski definition) is 4. The minimum atomic E-state index is -1.54. The fraction of sp³-hybridized carbons (Fsp3) is 0.125. The highest BCUT2D eigenvalue weighted by atomic mass is 19.1. The number of carboxylic acid groups (broad SMARTS) is 1. The van der Waals surface area contributed by atoms with Crippen molar-refractivity contribution in [3.05, 3.63) is 33.9 Å². The molecule has 0 aliphatic rings. The largest absolute Gasteiger partial charge is 0.479 e. The summed E-state index contributed by atoms with van der Waals surface area (Å²) in [6, 6.07) is 1.25. The lowest BCUT2D eigenvalue weighted by atomic mass is 10.3. The van der Waals surface area contributed by atoms with E-state index in [-0.39, 0.29) is 0 Å². The van der Waals surface area contributed by atoms with Gasteiger partial charge in [0.2, 0.25) is 5.82 Å². The van der Waals surface area contributed by atoms with Crippen LogP contribution in [0.1, 0.15) is 0 Å². The molecule has 1 aromatic carbocycles. The molecule has 1 N–H and O–H groups in total. The van der Waals surface area contributed by atoms with E-state index >= 15 is 0 Å². The molecule has 0 aliphatic carbocycles. The molecule has 16 heavy (non-hydrogen) atoms. The summed E-state index contributed by atoms with van der Waals surface area (Å²) in [6.45, 7) is -0.991. The van der Waals surface area contributed by atoms with Crippen LogP contribution < -0.4 is 4.74 Å². The van der Waals surface area contributed by atoms with Crippen LogP contribution in [-0.2, 0) is 4.79 Å². The summed E-state index contributed by atoms with van der Waals surface area (Å²) < 4.78 is 30.5. The first-order valence-electron chi connectivity index (χ1n) is 3.90. The van der Waals surface area contributed by atoms with E-state index < -0.39 is 40.6 Å². The van der Waals surface area contributed by atoms with Crippen molar-refractivity contribution >= 4 is 11.7 Å². The Hall–Kier alpha value is -2.25. The van der Waals surface area contributed by atoms with Gasteiger partial charge in [0.25, 0.3) is 0 Å². The van der Waals surface area contributed by atoms with E-state index in [9.17, 15) is 23.7 Å². The molecule has 0 radical (unpaired) electrons. The summed E-state index contributed by atoms with van der Waals surface area (Å²) in [5.74, 6) is -5.27. The Labute approximate surface area is 87.2 Å². The first kappa shape index (κ1) is 11.8. The van der Waals surface area contributed by atoms with Crippen LogP contribution in [0.2, 0.25) is 0 Å². The lowest BCUT2D eigenvalue weighted by molar-refractivity contribution is -0.387. The molecule has 0 heterocycles. The Morgan fingerprint density at radius 1 is 1.50 bits per heavy atom. The van der Waals surface area contributed by atoms with E-state index in [1.165, 1.54) is 0 Å². The summed E-state index contributed by atoms with van der Waals surface area (Å²) in [5, 5.41) is 18.5. The van der Waals surface area contributed by atoms with Crippen molar-refractivity contribution in [2.24, 2.45) is 0 Å². The molecule has 0 aromatic heterocycles. The Morgan fingerprint density at radius 2 is 2.12 bits per heavy atom. The van der Waals surface area contributed by atoms with Crippen molar-refractivity contribution in [3.63, 3.8) is 0 Å². The fourth-order valence-corrected chi connectivity index (χ4v) is 0.929. The standard InChI is InChI=1S/C8H5F2NO5/c9-4-1-2-5(11(14)15)7(10)8(4)16-3-6(12)13/h1-2H,3H2,(H,12,13). The Morgan fingerprint density at radius 3 is 2.62 bits per heavy atom. The SMILES string of the molecule is O=C(O)COc1c(F)ccc([N+](=O)[O-])c1F. The van der Waals surface area contributed by atoms with Gasteiger partial charge < -0.3 is 9.84 Å². The lowest BCUT2D eigenvalue weighted by Crippen LogP contribution is -2.11. The number of aliphatic carboxylic acids is 1. The quantitative estimate of drug-likeness (QED) is 0.625. The van der Waals surface area contributed by atoms with Crippen molar-refractivity contribution in [3.8, 4) is 5.75 Å². The van der Waals surface area contributed by atoms with Crippen LogP contribution in [0.3, 0.4) is 0 Å². The summed E-state index contributed by atoms with van der Waals surface area (Å²) in [6.07, 6.45) is 0. The number of carbonyl (C=O) groups is 1. The molecule has 1 aromatic rings. The van der Waals surface area contributed by atoms with Crippen LogP contribution in [0.15, 0.2) is 12.1 Å². The molecule has 86 valence electrons. The molecule has 6 nitrogen and oxygen atoms in total. The molecule has 0 aliphatic heterocycles. The molecular formula is C8H5F2NO5. The molecule has 0 bridgehead atoms. The van der Waals surface area contributed by atoms with E-state index in [1.807, 2.05) is 0 Å². The number of nitrogens with zero attached hydrogens (tertiary/aromatic N) is 1. The summed E-state index contributed by atoms with van der Waals surface area (Å²) in [5.41, 5.74) is -0.984. The van der Waals surface area contributed by atoms with E-state index in [4.69, 9.17) is 5.11 Å². The van der Waals surface area contributed by atoms with Crippen molar-refractivity contribution in [2.45, 2.75) is 0 Å². The predicted molar refractivity (Wildman–Crippen MR) is 46.1 cm³/mol. The zero-order valence-corrected chi connectivity index (χ0v) is 7.65. The highest BCUT2D eigenvalue weighted by molar-refractivity contribution is 5.68. The molecule has 0 fully saturated rings. The number of hydrogen-bond donors (Lipinski definition) is 1. The van der Waals surface area contributed by atoms with E-state index in [1.54, 1.807) is 0 Å². The van der Waals surface area contributed by atoms with Crippen LogP contribution in [0.25, 0.3) is 0 Å². The van der Waals surface area contributed by atoms with Crippen molar-refractivity contribution in [1.29, 1.82) is 0 Å². The Bertz CT molecular complexity index is 448. The minimum absolute atomic E-state index is 0.623. The van der Waals surface area contributed by atoms with Gasteiger partial charge in [-0.15, -0.1) is 0 Å². The molecule has 0 saturated carbocycles. The van der Waals surface area contributed by atoms with Gasteiger partial charge in [-0.05, 0) is 6.07 Å². The van der Waals surface area contributed by atoms with Gasteiger partial charge in [0.05, 0.1) is 4.92 Å². The minimum Gasteiger partial charge on any atom is -0.479 e. The van der Waals surface area contributed by atoms with E-state index in [2.05, 4.69) is 4.74 Å². The van der Waals surface area contributed by atoms with Crippen molar-refractivity contribution in [2.75, 3.05) is 6.61 Å². The maximum absolute atomic E-state index is 13.2. The van der Waals surface area contributed by atoms with Gasteiger partial charge in [0.1, 0.15) is 0 Å². The first-order chi connectivity index (χ1) is 7.43.